The summed E-state index contributed by atoms with van der Waals surface area (Å²) < 4.78 is 16.9. The molecule has 0 N–H and O–H groups in total. The molecular formula is C19H21BrClNO4. The molecule has 0 saturated heterocycles. The molecule has 0 aromatic heterocycles. The van der Waals surface area contributed by atoms with Crippen LogP contribution in [0.5, 0.6) is 17.2 Å². The van der Waals surface area contributed by atoms with Crippen molar-refractivity contribution in [2.24, 2.45) is 0 Å². The molecule has 0 unspecified atom stereocenters. The van der Waals surface area contributed by atoms with Gasteiger partial charge in [0.25, 0.3) is 5.91 Å². The Morgan fingerprint density at radius 2 is 1.85 bits per heavy atom. The van der Waals surface area contributed by atoms with Gasteiger partial charge in [0.1, 0.15) is 5.75 Å². The maximum atomic E-state index is 12.9. The zero-order valence-electron chi connectivity index (χ0n) is 15.1. The van der Waals surface area contributed by atoms with Gasteiger partial charge >= 0.3 is 0 Å². The third-order valence-electron chi connectivity index (χ3n) is 3.76. The Morgan fingerprint density at radius 3 is 2.46 bits per heavy atom. The number of halogens is 2. The molecule has 0 radical (unpaired) electrons. The number of rotatable bonds is 7. The van der Waals surface area contributed by atoms with Gasteiger partial charge in [0.2, 0.25) is 0 Å². The Labute approximate surface area is 166 Å². The van der Waals surface area contributed by atoms with Crippen LogP contribution in [0.4, 0.5) is 0 Å². The summed E-state index contributed by atoms with van der Waals surface area (Å²) in [5.41, 5.74) is 1.31. The molecule has 7 heteroatoms. The first-order valence-corrected chi connectivity index (χ1v) is 9.16. The number of benzene rings is 2. The molecule has 26 heavy (non-hydrogen) atoms. The zero-order valence-corrected chi connectivity index (χ0v) is 17.5. The average Bonchev–Trinajstić information content (AvgIpc) is 2.62. The van der Waals surface area contributed by atoms with Gasteiger partial charge in [0, 0.05) is 29.7 Å². The number of nitrogens with zero attached hydrogens (tertiary/aromatic N) is 1. The summed E-state index contributed by atoms with van der Waals surface area (Å²) in [7, 11) is 4.85. The van der Waals surface area contributed by atoms with Crippen molar-refractivity contribution < 1.29 is 19.0 Å². The van der Waals surface area contributed by atoms with E-state index in [0.717, 1.165) is 5.56 Å². The Kier molecular flexibility index (Phi) is 7.17. The van der Waals surface area contributed by atoms with E-state index in [-0.39, 0.29) is 5.91 Å². The lowest BCUT2D eigenvalue weighted by Crippen LogP contribution is -2.26. The number of ether oxygens (including phenoxy) is 3. The van der Waals surface area contributed by atoms with Crippen molar-refractivity contribution in [2.45, 2.75) is 13.5 Å². The van der Waals surface area contributed by atoms with Gasteiger partial charge in [-0.2, -0.15) is 0 Å². The molecule has 2 aromatic carbocycles. The van der Waals surface area contributed by atoms with E-state index in [0.29, 0.717) is 45.5 Å². The second kappa shape index (κ2) is 9.14. The van der Waals surface area contributed by atoms with Gasteiger partial charge < -0.3 is 19.1 Å². The van der Waals surface area contributed by atoms with Crippen LogP contribution in [0, 0.1) is 0 Å². The molecule has 0 aliphatic rings. The van der Waals surface area contributed by atoms with Gasteiger partial charge in [-0.25, -0.2) is 0 Å². The minimum absolute atomic E-state index is 0.158. The number of carbonyl (C=O) groups excluding carboxylic acids is 1. The lowest BCUT2D eigenvalue weighted by molar-refractivity contribution is 0.0783. The largest absolute Gasteiger partial charge is 0.496 e. The van der Waals surface area contributed by atoms with Crippen LogP contribution in [0.15, 0.2) is 34.8 Å². The van der Waals surface area contributed by atoms with Crippen molar-refractivity contribution in [1.29, 1.82) is 0 Å². The second-order valence-electron chi connectivity index (χ2n) is 5.54. The van der Waals surface area contributed by atoms with Gasteiger partial charge in [-0.05, 0) is 53.2 Å². The quantitative estimate of drug-likeness (QED) is 0.618. The zero-order chi connectivity index (χ0) is 19.3. The number of hydrogen-bond donors (Lipinski definition) is 0. The Balaban J connectivity index is 2.28. The lowest BCUT2D eigenvalue weighted by atomic mass is 10.1. The lowest BCUT2D eigenvalue weighted by Gasteiger charge is -2.20. The smallest absolute Gasteiger partial charge is 0.254 e. The van der Waals surface area contributed by atoms with Crippen LogP contribution in [0.25, 0.3) is 0 Å². The number of methoxy groups -OCH3 is 2. The van der Waals surface area contributed by atoms with Crippen LogP contribution in [-0.2, 0) is 6.54 Å². The minimum Gasteiger partial charge on any atom is -0.496 e. The molecule has 0 saturated carbocycles. The standard InChI is InChI=1S/C19H21BrClNO4/c1-5-26-18-15(20)9-12(10-17(18)25-4)19(23)22(2)11-13-8-14(21)6-7-16(13)24-3/h6-10H,5,11H2,1-4H3. The average molecular weight is 443 g/mol. The molecule has 0 bridgehead atoms. The minimum atomic E-state index is -0.158. The van der Waals surface area contributed by atoms with Crippen molar-refractivity contribution in [1.82, 2.24) is 4.90 Å². The fraction of sp³-hybridized carbons (Fsp3) is 0.316. The van der Waals surface area contributed by atoms with Gasteiger partial charge in [0.15, 0.2) is 11.5 Å². The number of amides is 1. The maximum Gasteiger partial charge on any atom is 0.254 e. The van der Waals surface area contributed by atoms with Crippen LogP contribution in [-0.4, -0.2) is 38.7 Å². The summed E-state index contributed by atoms with van der Waals surface area (Å²) in [6.07, 6.45) is 0. The highest BCUT2D eigenvalue weighted by molar-refractivity contribution is 9.10. The molecule has 1 amide bonds. The van der Waals surface area contributed by atoms with Crippen molar-refractivity contribution in [3.05, 3.63) is 51.0 Å². The molecule has 0 heterocycles. The highest BCUT2D eigenvalue weighted by Gasteiger charge is 2.19. The SMILES string of the molecule is CCOc1c(Br)cc(C(=O)N(C)Cc2cc(Cl)ccc2OC)cc1OC. The highest BCUT2D eigenvalue weighted by Crippen LogP contribution is 2.37. The van der Waals surface area contributed by atoms with E-state index in [2.05, 4.69) is 15.9 Å². The van der Waals surface area contributed by atoms with Crippen LogP contribution < -0.4 is 14.2 Å². The topological polar surface area (TPSA) is 48.0 Å². The summed E-state index contributed by atoms with van der Waals surface area (Å²) in [4.78, 5) is 14.5. The highest BCUT2D eigenvalue weighted by atomic mass is 79.9. The van der Waals surface area contributed by atoms with Crippen molar-refractivity contribution in [3.8, 4) is 17.2 Å². The van der Waals surface area contributed by atoms with E-state index in [1.165, 1.54) is 0 Å². The molecule has 2 aromatic rings. The van der Waals surface area contributed by atoms with Gasteiger partial charge in [0.05, 0.1) is 25.3 Å². The van der Waals surface area contributed by atoms with Gasteiger partial charge in [-0.3, -0.25) is 4.79 Å². The predicted molar refractivity (Wildman–Crippen MR) is 106 cm³/mol. The predicted octanol–water partition coefficient (Wildman–Crippen LogP) is 4.79. The van der Waals surface area contributed by atoms with Gasteiger partial charge in [-0.15, -0.1) is 0 Å². The summed E-state index contributed by atoms with van der Waals surface area (Å²) >= 11 is 9.51. The Bertz CT molecular complexity index is 797. The van der Waals surface area contributed by atoms with Crippen LogP contribution in [0.1, 0.15) is 22.8 Å². The van der Waals surface area contributed by atoms with Crippen molar-refractivity contribution in [3.63, 3.8) is 0 Å². The molecule has 140 valence electrons. The molecular weight excluding hydrogens is 422 g/mol. The normalized spacial score (nSPS) is 10.4. The summed E-state index contributed by atoms with van der Waals surface area (Å²) in [6, 6.07) is 8.72. The van der Waals surface area contributed by atoms with E-state index in [1.54, 1.807) is 56.5 Å². The van der Waals surface area contributed by atoms with E-state index < -0.39 is 0 Å². The first-order chi connectivity index (χ1) is 12.4. The third-order valence-corrected chi connectivity index (χ3v) is 4.59. The van der Waals surface area contributed by atoms with E-state index in [9.17, 15) is 4.79 Å². The second-order valence-corrected chi connectivity index (χ2v) is 6.83. The summed E-state index contributed by atoms with van der Waals surface area (Å²) in [5, 5.41) is 0.590. The molecule has 2 rings (SSSR count). The van der Waals surface area contributed by atoms with Crippen LogP contribution >= 0.6 is 27.5 Å². The third kappa shape index (κ3) is 4.62. The fourth-order valence-corrected chi connectivity index (χ4v) is 3.30. The molecule has 0 spiro atoms. The first kappa shape index (κ1) is 20.4. The van der Waals surface area contributed by atoms with Crippen molar-refractivity contribution in [2.75, 3.05) is 27.9 Å². The summed E-state index contributed by atoms with van der Waals surface area (Å²) in [6.45, 7) is 2.74. The van der Waals surface area contributed by atoms with Crippen LogP contribution in [0.3, 0.4) is 0 Å². The fourth-order valence-electron chi connectivity index (χ4n) is 2.55. The number of carbonyl (C=O) groups is 1. The Morgan fingerprint density at radius 1 is 1.15 bits per heavy atom. The maximum absolute atomic E-state index is 12.9. The molecule has 0 aliphatic heterocycles. The molecule has 5 nitrogen and oxygen atoms in total. The molecule has 0 atom stereocenters. The van der Waals surface area contributed by atoms with Crippen LogP contribution in [0.2, 0.25) is 5.02 Å². The summed E-state index contributed by atoms with van der Waals surface area (Å²) in [5.74, 6) is 1.60. The van der Waals surface area contributed by atoms with E-state index in [1.807, 2.05) is 6.92 Å². The Hall–Kier alpha value is -1.92. The van der Waals surface area contributed by atoms with Crippen molar-refractivity contribution >= 4 is 33.4 Å². The molecule has 0 fully saturated rings. The van der Waals surface area contributed by atoms with Gasteiger partial charge in [-0.1, -0.05) is 11.6 Å². The van der Waals surface area contributed by atoms with E-state index in [4.69, 9.17) is 25.8 Å². The monoisotopic (exact) mass is 441 g/mol. The number of hydrogen-bond acceptors (Lipinski definition) is 4. The van der Waals surface area contributed by atoms with E-state index >= 15 is 0 Å². The first-order valence-electron chi connectivity index (χ1n) is 7.99. The molecule has 0 aliphatic carbocycles.